The molecule has 5 nitrogen and oxygen atoms in total. The van der Waals surface area contributed by atoms with Crippen molar-refractivity contribution in [1.82, 2.24) is 4.31 Å². The second kappa shape index (κ2) is 7.10. The lowest BCUT2D eigenvalue weighted by Crippen LogP contribution is -2.39. The minimum atomic E-state index is -4.55. The third-order valence-corrected chi connectivity index (χ3v) is 4.60. The number of rotatable bonds is 7. The van der Waals surface area contributed by atoms with Gasteiger partial charge in [0.25, 0.3) is 0 Å². The van der Waals surface area contributed by atoms with Gasteiger partial charge in [0.05, 0.1) is 17.9 Å². The van der Waals surface area contributed by atoms with Crippen molar-refractivity contribution in [1.29, 1.82) is 0 Å². The summed E-state index contributed by atoms with van der Waals surface area (Å²) >= 11 is 0. The van der Waals surface area contributed by atoms with Crippen LogP contribution < -0.4 is 5.73 Å². The number of primary amides is 1. The van der Waals surface area contributed by atoms with Crippen LogP contribution in [0.1, 0.15) is 24.5 Å². The van der Waals surface area contributed by atoms with Crippen molar-refractivity contribution < 1.29 is 26.4 Å². The molecule has 0 bridgehead atoms. The van der Waals surface area contributed by atoms with Crippen LogP contribution >= 0.6 is 0 Å². The maximum absolute atomic E-state index is 12.6. The lowest BCUT2D eigenvalue weighted by molar-refractivity contribution is -0.137. The monoisotopic (exact) mass is 338 g/mol. The van der Waals surface area contributed by atoms with Gasteiger partial charge in [0.2, 0.25) is 15.9 Å². The van der Waals surface area contributed by atoms with Gasteiger partial charge in [0.1, 0.15) is 0 Å². The summed E-state index contributed by atoms with van der Waals surface area (Å²) in [4.78, 5) is 10.9. The zero-order valence-corrected chi connectivity index (χ0v) is 12.7. The third kappa shape index (κ3) is 5.30. The summed E-state index contributed by atoms with van der Waals surface area (Å²) in [5.74, 6) is -1.44. The van der Waals surface area contributed by atoms with Gasteiger partial charge in [-0.25, -0.2) is 8.42 Å². The summed E-state index contributed by atoms with van der Waals surface area (Å²) in [6.07, 6.45) is -4.09. The van der Waals surface area contributed by atoms with E-state index in [1.165, 1.54) is 6.07 Å². The minimum absolute atomic E-state index is 0.000369. The fourth-order valence-electron chi connectivity index (χ4n) is 1.88. The van der Waals surface area contributed by atoms with Crippen LogP contribution in [0.5, 0.6) is 0 Å². The maximum Gasteiger partial charge on any atom is 0.416 e. The Kier molecular flexibility index (Phi) is 5.95. The van der Waals surface area contributed by atoms with E-state index in [1.54, 1.807) is 6.92 Å². The van der Waals surface area contributed by atoms with Crippen molar-refractivity contribution in [3.8, 4) is 0 Å². The van der Waals surface area contributed by atoms with Gasteiger partial charge < -0.3 is 5.73 Å². The highest BCUT2D eigenvalue weighted by Crippen LogP contribution is 2.30. The molecule has 0 saturated heterocycles. The van der Waals surface area contributed by atoms with E-state index in [4.69, 9.17) is 5.73 Å². The van der Waals surface area contributed by atoms with Gasteiger partial charge in [0.15, 0.2) is 0 Å². The second-order valence-electron chi connectivity index (χ2n) is 4.75. The molecule has 1 aromatic carbocycles. The Balaban J connectivity index is 3.02. The van der Waals surface area contributed by atoms with E-state index in [0.717, 1.165) is 22.5 Å². The summed E-state index contributed by atoms with van der Waals surface area (Å²) in [6.45, 7) is 1.30. The van der Waals surface area contributed by atoms with Crippen molar-refractivity contribution in [3.05, 3.63) is 35.4 Å². The molecule has 2 N–H and O–H groups in total. The minimum Gasteiger partial charge on any atom is -0.369 e. The lowest BCUT2D eigenvalue weighted by Gasteiger charge is -2.20. The van der Waals surface area contributed by atoms with Crippen LogP contribution in [0.2, 0.25) is 0 Å². The molecule has 124 valence electrons. The lowest BCUT2D eigenvalue weighted by atomic mass is 10.1. The molecule has 0 aliphatic carbocycles. The average Bonchev–Trinajstić information content (AvgIpc) is 2.36. The smallest absolute Gasteiger partial charge is 0.369 e. The molecular weight excluding hydrogens is 321 g/mol. The molecule has 22 heavy (non-hydrogen) atoms. The highest BCUT2D eigenvalue weighted by atomic mass is 32.2. The Labute approximate surface area is 127 Å². The highest BCUT2D eigenvalue weighted by molar-refractivity contribution is 7.88. The summed E-state index contributed by atoms with van der Waals surface area (Å²) in [6, 6.07) is 4.09. The van der Waals surface area contributed by atoms with Crippen molar-refractivity contribution in [2.45, 2.75) is 25.3 Å². The first kappa shape index (κ1) is 18.4. The molecule has 0 aliphatic rings. The number of nitrogens with zero attached hydrogens (tertiary/aromatic N) is 1. The van der Waals surface area contributed by atoms with Gasteiger partial charge in [0, 0.05) is 6.54 Å². The number of benzene rings is 1. The van der Waals surface area contributed by atoms with E-state index in [0.29, 0.717) is 6.42 Å². The van der Waals surface area contributed by atoms with Gasteiger partial charge in [-0.3, -0.25) is 4.79 Å². The van der Waals surface area contributed by atoms with Crippen molar-refractivity contribution >= 4 is 15.9 Å². The highest BCUT2D eigenvalue weighted by Gasteiger charge is 2.31. The normalized spacial score (nSPS) is 12.6. The maximum atomic E-state index is 12.6. The number of hydrogen-bond acceptors (Lipinski definition) is 3. The Hall–Kier alpha value is -1.61. The summed E-state index contributed by atoms with van der Waals surface area (Å²) in [5, 5.41) is 0. The molecule has 0 fully saturated rings. The zero-order chi connectivity index (χ0) is 17.0. The van der Waals surface area contributed by atoms with Crippen LogP contribution in [0.3, 0.4) is 0 Å². The molecule has 0 heterocycles. The quantitative estimate of drug-likeness (QED) is 0.822. The first-order valence-corrected chi connectivity index (χ1v) is 8.09. The van der Waals surface area contributed by atoms with Crippen molar-refractivity contribution in [2.75, 3.05) is 13.1 Å². The van der Waals surface area contributed by atoms with Crippen LogP contribution in [0.4, 0.5) is 13.2 Å². The molecule has 9 heteroatoms. The molecule has 0 saturated carbocycles. The number of nitrogens with two attached hydrogens (primary N) is 1. The van der Waals surface area contributed by atoms with E-state index in [2.05, 4.69) is 0 Å². The van der Waals surface area contributed by atoms with Gasteiger partial charge >= 0.3 is 6.18 Å². The molecule has 0 unspecified atom stereocenters. The van der Waals surface area contributed by atoms with Gasteiger partial charge in [-0.2, -0.15) is 17.5 Å². The number of hydrogen-bond donors (Lipinski definition) is 1. The number of carbonyl (C=O) groups excluding carboxylic acids is 1. The van der Waals surface area contributed by atoms with Crippen LogP contribution in [-0.2, 0) is 26.7 Å². The summed E-state index contributed by atoms with van der Waals surface area (Å²) < 4.78 is 63.2. The number of sulfonamides is 1. The topological polar surface area (TPSA) is 80.5 Å². The van der Waals surface area contributed by atoms with Crippen molar-refractivity contribution in [3.63, 3.8) is 0 Å². The predicted octanol–water partition coefficient (Wildman–Crippen LogP) is 1.73. The number of carbonyl (C=O) groups is 1. The summed E-state index contributed by atoms with van der Waals surface area (Å²) in [5.41, 5.74) is 4.08. The molecular formula is C13H17F3N2O3S. The van der Waals surface area contributed by atoms with Gasteiger partial charge in [-0.05, 0) is 18.1 Å². The first-order chi connectivity index (χ1) is 10.1. The first-order valence-electron chi connectivity index (χ1n) is 6.48. The van der Waals surface area contributed by atoms with E-state index in [9.17, 15) is 26.4 Å². The number of amides is 1. The average molecular weight is 338 g/mol. The largest absolute Gasteiger partial charge is 0.416 e. The number of halogens is 3. The Bertz CT molecular complexity index is 630. The molecule has 1 amide bonds. The fraction of sp³-hybridized carbons (Fsp3) is 0.462. The van der Waals surface area contributed by atoms with Crippen LogP contribution in [0, 0.1) is 0 Å². The molecule has 0 spiro atoms. The van der Waals surface area contributed by atoms with Crippen LogP contribution in [0.25, 0.3) is 0 Å². The second-order valence-corrected chi connectivity index (χ2v) is 6.72. The standard InChI is InChI=1S/C13H17F3N2O3S/c1-2-6-18(8-12(17)19)22(20,21)9-10-4-3-5-11(7-10)13(14,15)16/h3-5,7H,2,6,8-9H2,1H3,(H2,17,19). The molecule has 0 atom stereocenters. The van der Waals surface area contributed by atoms with E-state index >= 15 is 0 Å². The van der Waals surface area contributed by atoms with E-state index in [-0.39, 0.29) is 12.1 Å². The van der Waals surface area contributed by atoms with E-state index < -0.39 is 40.0 Å². The molecule has 1 aromatic rings. The third-order valence-electron chi connectivity index (χ3n) is 2.80. The summed E-state index contributed by atoms with van der Waals surface area (Å²) in [7, 11) is -3.93. The fourth-order valence-corrected chi connectivity index (χ4v) is 3.45. The Morgan fingerprint density at radius 1 is 1.32 bits per heavy atom. The Morgan fingerprint density at radius 3 is 2.45 bits per heavy atom. The van der Waals surface area contributed by atoms with Gasteiger partial charge in [-0.15, -0.1) is 0 Å². The molecule has 0 aliphatic heterocycles. The van der Waals surface area contributed by atoms with Crippen LogP contribution in [-0.4, -0.2) is 31.7 Å². The van der Waals surface area contributed by atoms with Crippen molar-refractivity contribution in [2.24, 2.45) is 5.73 Å². The number of alkyl halides is 3. The van der Waals surface area contributed by atoms with Gasteiger partial charge in [-0.1, -0.05) is 25.1 Å². The SMILES string of the molecule is CCCN(CC(N)=O)S(=O)(=O)Cc1cccc(C(F)(F)F)c1. The predicted molar refractivity (Wildman–Crippen MR) is 75.1 cm³/mol. The molecule has 1 rings (SSSR count). The van der Waals surface area contributed by atoms with Crippen LogP contribution in [0.15, 0.2) is 24.3 Å². The van der Waals surface area contributed by atoms with E-state index in [1.807, 2.05) is 0 Å². The zero-order valence-electron chi connectivity index (χ0n) is 11.9. The Morgan fingerprint density at radius 2 is 1.95 bits per heavy atom. The molecule has 0 aromatic heterocycles. The molecule has 0 radical (unpaired) electrons.